The molecule has 0 fully saturated rings. The maximum atomic E-state index is 4.92. The van der Waals surface area contributed by atoms with Crippen LogP contribution in [0.1, 0.15) is 124 Å². The van der Waals surface area contributed by atoms with Crippen LogP contribution in [0.25, 0.3) is 0 Å². The molecule has 0 bridgehead atoms. The van der Waals surface area contributed by atoms with Crippen molar-refractivity contribution in [3.63, 3.8) is 0 Å². The Balaban J connectivity index is 0.000000920. The predicted molar refractivity (Wildman–Crippen MR) is 117 cm³/mol. The molecule has 1 heterocycles. The zero-order valence-electron chi connectivity index (χ0n) is 19.8. The molecule has 1 aromatic heterocycles. The summed E-state index contributed by atoms with van der Waals surface area (Å²) in [7, 11) is 0. The molecule has 2 nitrogen and oxygen atoms in total. The Morgan fingerprint density at radius 2 is 1.31 bits per heavy atom. The van der Waals surface area contributed by atoms with Gasteiger partial charge in [-0.1, -0.05) is 83.1 Å². The largest absolute Gasteiger partial charge is 0.237 e. The molecule has 2 rings (SSSR count). The standard InChI is InChI=1S/C18H30N2.C4H10.C2H6/c1-11(2)16-14-8-9-18(7,13(5)6)10-15(14)19-17(20-16)12(3)4;1-4(2)3;1-2/h11-13H,8-10H2,1-7H3;4H,1-3H3;1-2H3. The lowest BCUT2D eigenvalue weighted by Crippen LogP contribution is -2.33. The highest BCUT2D eigenvalue weighted by Crippen LogP contribution is 2.42. The molecule has 1 unspecified atom stereocenters. The van der Waals surface area contributed by atoms with Crippen molar-refractivity contribution >= 4 is 0 Å². The molecule has 1 aliphatic carbocycles. The molecule has 0 N–H and O–H groups in total. The van der Waals surface area contributed by atoms with E-state index in [1.54, 1.807) is 0 Å². The first-order valence-corrected chi connectivity index (χ1v) is 10.9. The average molecular weight is 363 g/mol. The molecule has 0 aliphatic heterocycles. The van der Waals surface area contributed by atoms with Crippen molar-refractivity contribution in [1.82, 2.24) is 9.97 Å². The van der Waals surface area contributed by atoms with Gasteiger partial charge in [0, 0.05) is 11.6 Å². The van der Waals surface area contributed by atoms with Gasteiger partial charge in [-0.15, -0.1) is 0 Å². The van der Waals surface area contributed by atoms with E-state index in [9.17, 15) is 0 Å². The van der Waals surface area contributed by atoms with E-state index in [0.717, 1.165) is 24.6 Å². The second-order valence-corrected chi connectivity index (χ2v) is 9.42. The van der Waals surface area contributed by atoms with Crippen molar-refractivity contribution < 1.29 is 0 Å². The molecule has 0 aromatic carbocycles. The van der Waals surface area contributed by atoms with E-state index in [4.69, 9.17) is 9.97 Å². The lowest BCUT2D eigenvalue weighted by molar-refractivity contribution is 0.183. The molecule has 0 radical (unpaired) electrons. The van der Waals surface area contributed by atoms with E-state index in [1.165, 1.54) is 23.4 Å². The molecule has 1 aliphatic rings. The molecule has 0 spiro atoms. The van der Waals surface area contributed by atoms with Gasteiger partial charge in [0.1, 0.15) is 5.82 Å². The van der Waals surface area contributed by atoms with E-state index < -0.39 is 0 Å². The first kappa shape index (κ1) is 25.1. The topological polar surface area (TPSA) is 25.8 Å². The van der Waals surface area contributed by atoms with Gasteiger partial charge in [-0.05, 0) is 48.0 Å². The number of hydrogen-bond donors (Lipinski definition) is 0. The highest BCUT2D eigenvalue weighted by Gasteiger charge is 2.35. The van der Waals surface area contributed by atoms with Crippen LogP contribution in [-0.4, -0.2) is 9.97 Å². The fraction of sp³-hybridized carbons (Fsp3) is 0.833. The smallest absolute Gasteiger partial charge is 0.131 e. The van der Waals surface area contributed by atoms with E-state index in [-0.39, 0.29) is 0 Å². The molecular weight excluding hydrogens is 316 g/mol. The average Bonchev–Trinajstić information content (AvgIpc) is 2.54. The summed E-state index contributed by atoms with van der Waals surface area (Å²) < 4.78 is 0. The Kier molecular flexibility index (Phi) is 10.7. The van der Waals surface area contributed by atoms with Crippen molar-refractivity contribution in [1.29, 1.82) is 0 Å². The summed E-state index contributed by atoms with van der Waals surface area (Å²) in [6, 6.07) is 0. The molecule has 1 aromatic rings. The summed E-state index contributed by atoms with van der Waals surface area (Å²) in [4.78, 5) is 9.79. The maximum absolute atomic E-state index is 4.92. The van der Waals surface area contributed by atoms with Crippen molar-refractivity contribution in [2.75, 3.05) is 0 Å². The van der Waals surface area contributed by atoms with E-state index in [2.05, 4.69) is 69.2 Å². The molecular formula is C24H46N2. The van der Waals surface area contributed by atoms with Gasteiger partial charge in [-0.2, -0.15) is 0 Å². The van der Waals surface area contributed by atoms with Crippen LogP contribution in [0.15, 0.2) is 0 Å². The summed E-state index contributed by atoms with van der Waals surface area (Å²) in [5.41, 5.74) is 4.46. The fourth-order valence-electron chi connectivity index (χ4n) is 3.10. The molecule has 0 saturated carbocycles. The van der Waals surface area contributed by atoms with E-state index >= 15 is 0 Å². The second-order valence-electron chi connectivity index (χ2n) is 9.42. The van der Waals surface area contributed by atoms with Crippen molar-refractivity contribution in [3.05, 3.63) is 22.8 Å². The Morgan fingerprint density at radius 3 is 1.69 bits per heavy atom. The van der Waals surface area contributed by atoms with Gasteiger partial charge in [0.05, 0.1) is 5.69 Å². The third kappa shape index (κ3) is 7.00. The van der Waals surface area contributed by atoms with Crippen molar-refractivity contribution in [3.8, 4) is 0 Å². The molecule has 1 atom stereocenters. The number of fused-ring (bicyclic) bond motifs is 1. The van der Waals surface area contributed by atoms with Gasteiger partial charge in [0.2, 0.25) is 0 Å². The molecule has 0 amide bonds. The Hall–Kier alpha value is -0.920. The van der Waals surface area contributed by atoms with Crippen LogP contribution in [0.3, 0.4) is 0 Å². The summed E-state index contributed by atoms with van der Waals surface area (Å²) in [5.74, 6) is 3.47. The van der Waals surface area contributed by atoms with Gasteiger partial charge in [-0.25, -0.2) is 9.97 Å². The Labute approximate surface area is 164 Å². The lowest BCUT2D eigenvalue weighted by atomic mass is 9.67. The third-order valence-corrected chi connectivity index (χ3v) is 5.12. The van der Waals surface area contributed by atoms with Gasteiger partial charge in [-0.3, -0.25) is 0 Å². The highest BCUT2D eigenvalue weighted by atomic mass is 14.9. The third-order valence-electron chi connectivity index (χ3n) is 5.12. The molecule has 152 valence electrons. The number of aromatic nitrogens is 2. The Bertz CT molecular complexity index is 527. The predicted octanol–water partition coefficient (Wildman–Crippen LogP) is 7.56. The van der Waals surface area contributed by atoms with Crippen LogP contribution in [-0.2, 0) is 12.8 Å². The van der Waals surface area contributed by atoms with E-state index in [0.29, 0.717) is 23.2 Å². The van der Waals surface area contributed by atoms with Crippen LogP contribution in [0, 0.1) is 17.3 Å². The minimum atomic E-state index is 0.393. The summed E-state index contributed by atoms with van der Waals surface area (Å²) >= 11 is 0. The van der Waals surface area contributed by atoms with Gasteiger partial charge in [0.25, 0.3) is 0 Å². The van der Waals surface area contributed by atoms with Gasteiger partial charge < -0.3 is 0 Å². The number of hydrogen-bond acceptors (Lipinski definition) is 2. The van der Waals surface area contributed by atoms with Crippen molar-refractivity contribution in [2.24, 2.45) is 17.3 Å². The SMILES string of the molecule is CC.CC(C)C.CC(C)c1nc2c(c(C(C)C)n1)CCC(C)(C(C)C)C2. The van der Waals surface area contributed by atoms with Crippen molar-refractivity contribution in [2.45, 2.75) is 114 Å². The van der Waals surface area contributed by atoms with Gasteiger partial charge >= 0.3 is 0 Å². The minimum Gasteiger partial charge on any atom is -0.237 e. The highest BCUT2D eigenvalue weighted by molar-refractivity contribution is 5.32. The van der Waals surface area contributed by atoms with Crippen LogP contribution in [0.5, 0.6) is 0 Å². The second kappa shape index (κ2) is 11.0. The monoisotopic (exact) mass is 362 g/mol. The maximum Gasteiger partial charge on any atom is 0.131 e. The summed E-state index contributed by atoms with van der Waals surface area (Å²) in [5, 5.41) is 0. The number of nitrogens with zero attached hydrogens (tertiary/aromatic N) is 2. The number of rotatable bonds is 3. The summed E-state index contributed by atoms with van der Waals surface area (Å²) in [6.45, 7) is 26.5. The lowest BCUT2D eigenvalue weighted by Gasteiger charge is -2.39. The van der Waals surface area contributed by atoms with E-state index in [1.807, 2.05) is 13.8 Å². The first-order valence-electron chi connectivity index (χ1n) is 10.9. The molecule has 2 heteroatoms. The fourth-order valence-corrected chi connectivity index (χ4v) is 3.10. The first-order chi connectivity index (χ1) is 12.0. The minimum absolute atomic E-state index is 0.393. The quantitative estimate of drug-likeness (QED) is 0.554. The van der Waals surface area contributed by atoms with Crippen LogP contribution in [0.2, 0.25) is 0 Å². The Morgan fingerprint density at radius 1 is 0.808 bits per heavy atom. The summed E-state index contributed by atoms with van der Waals surface area (Å²) in [6.07, 6.45) is 3.53. The van der Waals surface area contributed by atoms with Crippen LogP contribution < -0.4 is 0 Å². The zero-order chi connectivity index (χ0) is 20.7. The normalized spacial score (nSPS) is 19.1. The van der Waals surface area contributed by atoms with Gasteiger partial charge in [0.15, 0.2) is 0 Å². The zero-order valence-corrected chi connectivity index (χ0v) is 19.8. The van der Waals surface area contributed by atoms with Crippen LogP contribution in [0.4, 0.5) is 0 Å². The molecule has 0 saturated heterocycles. The molecule has 26 heavy (non-hydrogen) atoms. The van der Waals surface area contributed by atoms with Crippen LogP contribution >= 0.6 is 0 Å².